The Hall–Kier alpha value is -2.54. The maximum atomic E-state index is 12.1. The fourth-order valence-electron chi connectivity index (χ4n) is 3.10. The Morgan fingerprint density at radius 3 is 2.65 bits per heavy atom. The van der Waals surface area contributed by atoms with Gasteiger partial charge >= 0.3 is 6.03 Å². The van der Waals surface area contributed by atoms with Crippen molar-refractivity contribution >= 4 is 27.4 Å². The van der Waals surface area contributed by atoms with E-state index < -0.39 is 10.0 Å². The van der Waals surface area contributed by atoms with Gasteiger partial charge in [0.25, 0.3) is 0 Å². The van der Waals surface area contributed by atoms with Crippen molar-refractivity contribution < 1.29 is 13.2 Å². The van der Waals surface area contributed by atoms with Crippen LogP contribution in [0.15, 0.2) is 48.5 Å². The summed E-state index contributed by atoms with van der Waals surface area (Å²) in [6.45, 7) is 0.995. The predicted octanol–water partition coefficient (Wildman–Crippen LogP) is 2.76. The van der Waals surface area contributed by atoms with Crippen molar-refractivity contribution in [1.29, 1.82) is 0 Å². The number of aryl methyl sites for hydroxylation is 1. The number of nitrogens with zero attached hydrogens (tertiary/aromatic N) is 1. The molecular weight excluding hydrogens is 350 g/mol. The molecule has 0 fully saturated rings. The van der Waals surface area contributed by atoms with E-state index in [0.29, 0.717) is 24.5 Å². The Bertz CT molecular complexity index is 882. The second-order valence-corrected chi connectivity index (χ2v) is 8.31. The molecule has 0 aromatic heterocycles. The average Bonchev–Trinajstić information content (AvgIpc) is 2.61. The Kier molecular flexibility index (Phi) is 5.46. The zero-order valence-corrected chi connectivity index (χ0v) is 15.6. The second kappa shape index (κ2) is 7.78. The lowest BCUT2D eigenvalue weighted by Crippen LogP contribution is -2.35. The first-order valence-corrected chi connectivity index (χ1v) is 10.5. The Balaban J connectivity index is 1.62. The summed E-state index contributed by atoms with van der Waals surface area (Å²) in [4.78, 5) is 12.1. The predicted molar refractivity (Wildman–Crippen MR) is 104 cm³/mol. The summed E-state index contributed by atoms with van der Waals surface area (Å²) in [6.07, 6.45) is 3.59. The van der Waals surface area contributed by atoms with E-state index in [1.54, 1.807) is 12.1 Å². The zero-order valence-electron chi connectivity index (χ0n) is 14.7. The molecule has 0 bridgehead atoms. The monoisotopic (exact) mass is 373 g/mol. The van der Waals surface area contributed by atoms with Crippen molar-refractivity contribution in [2.24, 2.45) is 0 Å². The third-order valence-electron chi connectivity index (χ3n) is 4.36. The van der Waals surface area contributed by atoms with Crippen molar-refractivity contribution in [3.05, 3.63) is 59.7 Å². The number of carbonyl (C=O) groups is 1. The van der Waals surface area contributed by atoms with Crippen molar-refractivity contribution in [1.82, 2.24) is 5.32 Å². The topological polar surface area (TPSA) is 78.5 Å². The molecule has 0 saturated heterocycles. The van der Waals surface area contributed by atoms with Gasteiger partial charge in [-0.2, -0.15) is 0 Å². The highest BCUT2D eigenvalue weighted by molar-refractivity contribution is 7.92. The number of rotatable bonds is 5. The minimum absolute atomic E-state index is 0.303. The fraction of sp³-hybridized carbons (Fsp3) is 0.316. The molecule has 6 nitrogen and oxygen atoms in total. The molecular formula is C19H23N3O3S. The number of anilines is 2. The van der Waals surface area contributed by atoms with Crippen LogP contribution in [0.3, 0.4) is 0 Å². The van der Waals surface area contributed by atoms with Gasteiger partial charge in [-0.05, 0) is 42.5 Å². The molecule has 1 aliphatic heterocycles. The summed E-state index contributed by atoms with van der Waals surface area (Å²) in [5, 5.41) is 5.60. The third-order valence-corrected chi connectivity index (χ3v) is 5.54. The number of hydrogen-bond donors (Lipinski definition) is 2. The maximum absolute atomic E-state index is 12.1. The first kappa shape index (κ1) is 18.3. The fourth-order valence-corrected chi connectivity index (χ4v) is 4.09. The third kappa shape index (κ3) is 4.54. The molecule has 2 amide bonds. The van der Waals surface area contributed by atoms with Gasteiger partial charge in [-0.3, -0.25) is 4.31 Å². The van der Waals surface area contributed by atoms with E-state index in [2.05, 4.69) is 10.6 Å². The van der Waals surface area contributed by atoms with Gasteiger partial charge in [-0.15, -0.1) is 0 Å². The van der Waals surface area contributed by atoms with E-state index in [9.17, 15) is 13.2 Å². The smallest absolute Gasteiger partial charge is 0.319 e. The highest BCUT2D eigenvalue weighted by Crippen LogP contribution is 2.31. The molecule has 0 unspecified atom stereocenters. The molecule has 3 rings (SSSR count). The summed E-state index contributed by atoms with van der Waals surface area (Å²) in [5.74, 6) is 0. The number of amides is 2. The van der Waals surface area contributed by atoms with E-state index in [1.807, 2.05) is 36.4 Å². The van der Waals surface area contributed by atoms with Gasteiger partial charge in [-0.25, -0.2) is 13.2 Å². The number of hydrogen-bond acceptors (Lipinski definition) is 3. The van der Waals surface area contributed by atoms with Crippen LogP contribution < -0.4 is 14.9 Å². The molecule has 2 N–H and O–H groups in total. The quantitative estimate of drug-likeness (QED) is 0.846. The molecule has 2 aromatic rings. The van der Waals surface area contributed by atoms with Crippen LogP contribution in [0.25, 0.3) is 0 Å². The molecule has 2 aromatic carbocycles. The molecule has 26 heavy (non-hydrogen) atoms. The Labute approximate surface area is 154 Å². The Morgan fingerprint density at radius 2 is 1.92 bits per heavy atom. The van der Waals surface area contributed by atoms with E-state index >= 15 is 0 Å². The lowest BCUT2D eigenvalue weighted by molar-refractivity contribution is 0.252. The highest BCUT2D eigenvalue weighted by Gasteiger charge is 2.24. The molecule has 1 aliphatic rings. The number of urea groups is 1. The van der Waals surface area contributed by atoms with E-state index in [0.717, 1.165) is 30.4 Å². The standard InChI is InChI=1S/C19H23N3O3S/c1-26(24,25)22-13-5-8-16-9-10-17(14-18(16)22)21-19(23)20-12-11-15-6-3-2-4-7-15/h2-4,6-7,9-10,14H,5,8,11-13H2,1H3,(H2,20,21,23). The van der Waals surface area contributed by atoms with Crippen molar-refractivity contribution in [2.45, 2.75) is 19.3 Å². The number of carbonyl (C=O) groups excluding carboxylic acids is 1. The first-order chi connectivity index (χ1) is 12.4. The van der Waals surface area contributed by atoms with Gasteiger partial charge in [0.2, 0.25) is 10.0 Å². The lowest BCUT2D eigenvalue weighted by Gasteiger charge is -2.29. The molecule has 138 valence electrons. The largest absolute Gasteiger partial charge is 0.338 e. The number of nitrogens with one attached hydrogen (secondary N) is 2. The van der Waals surface area contributed by atoms with Gasteiger partial charge in [0.1, 0.15) is 0 Å². The minimum atomic E-state index is -3.32. The minimum Gasteiger partial charge on any atom is -0.338 e. The van der Waals surface area contributed by atoms with Crippen molar-refractivity contribution in [2.75, 3.05) is 29.0 Å². The summed E-state index contributed by atoms with van der Waals surface area (Å²) >= 11 is 0. The van der Waals surface area contributed by atoms with E-state index in [1.165, 1.54) is 10.6 Å². The zero-order chi connectivity index (χ0) is 18.6. The molecule has 0 radical (unpaired) electrons. The highest BCUT2D eigenvalue weighted by atomic mass is 32.2. The van der Waals surface area contributed by atoms with Crippen LogP contribution in [0.5, 0.6) is 0 Å². The summed E-state index contributed by atoms with van der Waals surface area (Å²) in [6, 6.07) is 15.0. The van der Waals surface area contributed by atoms with E-state index in [-0.39, 0.29) is 6.03 Å². The van der Waals surface area contributed by atoms with Gasteiger partial charge in [-0.1, -0.05) is 36.4 Å². The molecule has 0 spiro atoms. The van der Waals surface area contributed by atoms with Gasteiger partial charge < -0.3 is 10.6 Å². The second-order valence-electron chi connectivity index (χ2n) is 6.40. The molecule has 0 aliphatic carbocycles. The van der Waals surface area contributed by atoms with Crippen LogP contribution in [-0.4, -0.2) is 33.8 Å². The SMILES string of the molecule is CS(=O)(=O)N1CCCc2ccc(NC(=O)NCCc3ccccc3)cc21. The lowest BCUT2D eigenvalue weighted by atomic mass is 10.0. The van der Waals surface area contributed by atoms with Gasteiger partial charge in [0.15, 0.2) is 0 Å². The number of sulfonamides is 1. The van der Waals surface area contributed by atoms with Crippen LogP contribution in [-0.2, 0) is 22.9 Å². The van der Waals surface area contributed by atoms with Crippen LogP contribution >= 0.6 is 0 Å². The summed E-state index contributed by atoms with van der Waals surface area (Å²) < 4.78 is 25.4. The van der Waals surface area contributed by atoms with Crippen LogP contribution in [0.4, 0.5) is 16.2 Å². The summed E-state index contributed by atoms with van der Waals surface area (Å²) in [5.41, 5.74) is 3.37. The number of benzene rings is 2. The molecule has 0 saturated carbocycles. The average molecular weight is 373 g/mol. The molecule has 1 heterocycles. The summed E-state index contributed by atoms with van der Waals surface area (Å²) in [7, 11) is -3.32. The van der Waals surface area contributed by atoms with Gasteiger partial charge in [0.05, 0.1) is 11.9 Å². The van der Waals surface area contributed by atoms with Gasteiger partial charge in [0, 0.05) is 18.8 Å². The van der Waals surface area contributed by atoms with Crippen molar-refractivity contribution in [3.8, 4) is 0 Å². The number of fused-ring (bicyclic) bond motifs is 1. The maximum Gasteiger partial charge on any atom is 0.319 e. The van der Waals surface area contributed by atoms with Crippen molar-refractivity contribution in [3.63, 3.8) is 0 Å². The normalized spacial score (nSPS) is 13.8. The molecule has 7 heteroatoms. The van der Waals surface area contributed by atoms with Crippen LogP contribution in [0.2, 0.25) is 0 Å². The van der Waals surface area contributed by atoms with Crippen LogP contribution in [0.1, 0.15) is 17.5 Å². The van der Waals surface area contributed by atoms with E-state index in [4.69, 9.17) is 0 Å². The Morgan fingerprint density at radius 1 is 1.15 bits per heavy atom. The van der Waals surface area contributed by atoms with Crippen LogP contribution in [0, 0.1) is 0 Å². The molecule has 0 atom stereocenters. The first-order valence-electron chi connectivity index (χ1n) is 8.63.